The summed E-state index contributed by atoms with van der Waals surface area (Å²) in [7, 11) is 1.70. The minimum Gasteiger partial charge on any atom is -0.385 e. The van der Waals surface area contributed by atoms with Gasteiger partial charge in [0.1, 0.15) is 0 Å². The Morgan fingerprint density at radius 2 is 1.97 bits per heavy atom. The molecule has 2 aromatic carbocycles. The van der Waals surface area contributed by atoms with Crippen LogP contribution >= 0.6 is 11.6 Å². The van der Waals surface area contributed by atoms with Crippen molar-refractivity contribution >= 4 is 17.5 Å². The maximum Gasteiger partial charge on any atom is 0.242 e. The number of piperidine rings is 1. The monoisotopic (exact) mass is 500 g/mol. The number of carbonyl (C=O) groups excluding carboxylic acids is 1. The fourth-order valence-corrected chi connectivity index (χ4v) is 5.57. The largest absolute Gasteiger partial charge is 0.385 e. The van der Waals surface area contributed by atoms with Crippen LogP contribution in [0.5, 0.6) is 0 Å². The lowest BCUT2D eigenvalue weighted by molar-refractivity contribution is -0.141. The number of rotatable bonds is 10. The molecular formula is C29H41ClN2O3. The van der Waals surface area contributed by atoms with Crippen LogP contribution in [0.1, 0.15) is 64.0 Å². The van der Waals surface area contributed by atoms with Gasteiger partial charge in [0.2, 0.25) is 5.91 Å². The molecule has 1 saturated heterocycles. The molecule has 1 amide bonds. The van der Waals surface area contributed by atoms with Crippen LogP contribution in [0.25, 0.3) is 11.1 Å². The van der Waals surface area contributed by atoms with E-state index < -0.39 is 11.1 Å². The number of amides is 1. The standard InChI is InChI=1S/C29H41ClN2O3/c1-5-21-11-8-12-22(19-21)26-24(14-9-15-25(26)30)29(34,16-6-7-18-35-4)23-13-10-17-32(20-23)27(33)28(2,3)31/h8-9,11-12,14-15,19,23,34H,5-7,10,13,16-18,20,31H2,1-4H3. The molecule has 6 heteroatoms. The molecule has 2 atom stereocenters. The summed E-state index contributed by atoms with van der Waals surface area (Å²) < 4.78 is 5.26. The molecule has 0 aromatic heterocycles. The molecule has 2 unspecified atom stereocenters. The average molecular weight is 501 g/mol. The molecule has 192 valence electrons. The Balaban J connectivity index is 2.07. The average Bonchev–Trinajstić information content (AvgIpc) is 2.85. The van der Waals surface area contributed by atoms with Gasteiger partial charge in [-0.2, -0.15) is 0 Å². The molecule has 1 aliphatic rings. The Labute approximate surface area is 215 Å². The van der Waals surface area contributed by atoms with Gasteiger partial charge in [0.25, 0.3) is 0 Å². The van der Waals surface area contributed by atoms with Crippen molar-refractivity contribution in [2.45, 2.75) is 70.4 Å². The van der Waals surface area contributed by atoms with Gasteiger partial charge in [-0.3, -0.25) is 4.79 Å². The van der Waals surface area contributed by atoms with E-state index in [0.29, 0.717) is 31.1 Å². The summed E-state index contributed by atoms with van der Waals surface area (Å²) in [6, 6.07) is 14.2. The summed E-state index contributed by atoms with van der Waals surface area (Å²) in [6.07, 6.45) is 4.80. The molecule has 2 aromatic rings. The van der Waals surface area contributed by atoms with E-state index in [9.17, 15) is 9.90 Å². The molecule has 0 aliphatic carbocycles. The van der Waals surface area contributed by atoms with Crippen molar-refractivity contribution in [1.82, 2.24) is 4.90 Å². The number of hydrogen-bond donors (Lipinski definition) is 2. The molecule has 0 radical (unpaired) electrons. The quantitative estimate of drug-likeness (QED) is 0.419. The number of aryl methyl sites for hydroxylation is 1. The second-order valence-electron chi connectivity index (χ2n) is 10.4. The molecular weight excluding hydrogens is 460 g/mol. The predicted molar refractivity (Wildman–Crippen MR) is 143 cm³/mol. The van der Waals surface area contributed by atoms with Crippen LogP contribution < -0.4 is 5.73 Å². The highest BCUT2D eigenvalue weighted by Crippen LogP contribution is 2.46. The van der Waals surface area contributed by atoms with E-state index in [2.05, 4.69) is 25.1 Å². The number of hydrogen-bond acceptors (Lipinski definition) is 4. The molecule has 1 heterocycles. The molecule has 5 nitrogen and oxygen atoms in total. The van der Waals surface area contributed by atoms with Gasteiger partial charge in [-0.05, 0) is 75.1 Å². The van der Waals surface area contributed by atoms with Crippen LogP contribution in [0.2, 0.25) is 5.02 Å². The first-order chi connectivity index (χ1) is 16.6. The first kappa shape index (κ1) is 27.7. The summed E-state index contributed by atoms with van der Waals surface area (Å²) >= 11 is 6.81. The van der Waals surface area contributed by atoms with Crippen LogP contribution in [0.4, 0.5) is 0 Å². The van der Waals surface area contributed by atoms with Crippen LogP contribution in [-0.2, 0) is 21.6 Å². The third-order valence-electron chi connectivity index (χ3n) is 7.20. The van der Waals surface area contributed by atoms with Crippen molar-refractivity contribution in [3.8, 4) is 11.1 Å². The van der Waals surface area contributed by atoms with Crippen molar-refractivity contribution < 1.29 is 14.6 Å². The van der Waals surface area contributed by atoms with E-state index >= 15 is 0 Å². The second-order valence-corrected chi connectivity index (χ2v) is 10.8. The highest BCUT2D eigenvalue weighted by atomic mass is 35.5. The van der Waals surface area contributed by atoms with Gasteiger partial charge >= 0.3 is 0 Å². The maximum absolute atomic E-state index is 13.0. The smallest absolute Gasteiger partial charge is 0.242 e. The van der Waals surface area contributed by atoms with E-state index in [4.69, 9.17) is 22.1 Å². The third kappa shape index (κ3) is 6.45. The Morgan fingerprint density at radius 1 is 1.23 bits per heavy atom. The number of nitrogens with zero attached hydrogens (tertiary/aromatic N) is 1. The van der Waals surface area contributed by atoms with Crippen LogP contribution in [0.3, 0.4) is 0 Å². The lowest BCUT2D eigenvalue weighted by Gasteiger charge is -2.45. The number of likely N-dealkylation sites (tertiary alicyclic amines) is 1. The summed E-state index contributed by atoms with van der Waals surface area (Å²) in [5.74, 6) is -0.206. The lowest BCUT2D eigenvalue weighted by atomic mass is 9.72. The minimum atomic E-state index is -1.14. The van der Waals surface area contributed by atoms with E-state index in [-0.39, 0.29) is 11.8 Å². The molecule has 1 aliphatic heterocycles. The van der Waals surface area contributed by atoms with Crippen molar-refractivity contribution in [1.29, 1.82) is 0 Å². The summed E-state index contributed by atoms with van der Waals surface area (Å²) in [5, 5.41) is 13.2. The fourth-order valence-electron chi connectivity index (χ4n) is 5.28. The second kappa shape index (κ2) is 11.9. The Morgan fingerprint density at radius 3 is 2.66 bits per heavy atom. The van der Waals surface area contributed by atoms with Crippen molar-refractivity contribution in [3.05, 3.63) is 58.6 Å². The summed E-state index contributed by atoms with van der Waals surface area (Å²) in [6.45, 7) is 7.40. The minimum absolute atomic E-state index is 0.0779. The van der Waals surface area contributed by atoms with Gasteiger partial charge in [-0.25, -0.2) is 0 Å². The number of carbonyl (C=O) groups is 1. The number of nitrogens with two attached hydrogens (primary N) is 1. The van der Waals surface area contributed by atoms with Crippen molar-refractivity contribution in [3.63, 3.8) is 0 Å². The van der Waals surface area contributed by atoms with Gasteiger partial charge in [0, 0.05) is 43.3 Å². The van der Waals surface area contributed by atoms with Gasteiger partial charge in [-0.1, -0.05) is 54.9 Å². The molecule has 0 spiro atoms. The normalized spacial score (nSPS) is 18.4. The molecule has 0 saturated carbocycles. The van der Waals surface area contributed by atoms with E-state index in [1.807, 2.05) is 29.2 Å². The van der Waals surface area contributed by atoms with Gasteiger partial charge in [-0.15, -0.1) is 0 Å². The Bertz CT molecular complexity index is 1000. The maximum atomic E-state index is 13.0. The predicted octanol–water partition coefficient (Wildman–Crippen LogP) is 5.55. The van der Waals surface area contributed by atoms with Crippen LogP contribution in [0.15, 0.2) is 42.5 Å². The first-order valence-corrected chi connectivity index (χ1v) is 13.2. The SMILES string of the molecule is CCc1cccc(-c2c(Cl)cccc2C(O)(CCCCOC)C2CCCN(C(=O)C(C)(C)N)C2)c1. The number of ether oxygens (including phenoxy) is 1. The van der Waals surface area contributed by atoms with Crippen LogP contribution in [0, 0.1) is 5.92 Å². The van der Waals surface area contributed by atoms with Crippen molar-refractivity contribution in [2.24, 2.45) is 11.7 Å². The van der Waals surface area contributed by atoms with Gasteiger partial charge < -0.3 is 20.5 Å². The first-order valence-electron chi connectivity index (χ1n) is 12.8. The molecule has 3 N–H and O–H groups in total. The van der Waals surface area contributed by atoms with E-state index in [1.54, 1.807) is 21.0 Å². The highest BCUT2D eigenvalue weighted by molar-refractivity contribution is 6.33. The number of benzene rings is 2. The van der Waals surface area contributed by atoms with Gasteiger partial charge in [0.15, 0.2) is 0 Å². The van der Waals surface area contributed by atoms with Gasteiger partial charge in [0.05, 0.1) is 11.1 Å². The zero-order chi connectivity index (χ0) is 25.6. The fraction of sp³-hybridized carbons (Fsp3) is 0.552. The zero-order valence-corrected chi connectivity index (χ0v) is 22.4. The topological polar surface area (TPSA) is 75.8 Å². The van der Waals surface area contributed by atoms with E-state index in [1.165, 1.54) is 5.56 Å². The molecule has 0 bridgehead atoms. The molecule has 3 rings (SSSR count). The number of methoxy groups -OCH3 is 1. The van der Waals surface area contributed by atoms with Crippen molar-refractivity contribution in [2.75, 3.05) is 26.8 Å². The zero-order valence-electron chi connectivity index (χ0n) is 21.6. The lowest BCUT2D eigenvalue weighted by Crippen LogP contribution is -2.56. The summed E-state index contributed by atoms with van der Waals surface area (Å²) in [5.41, 5.74) is 8.00. The number of halogens is 1. The van der Waals surface area contributed by atoms with E-state index in [0.717, 1.165) is 48.8 Å². The number of unbranched alkanes of at least 4 members (excludes halogenated alkanes) is 1. The molecule has 35 heavy (non-hydrogen) atoms. The third-order valence-corrected chi connectivity index (χ3v) is 7.51. The molecule has 1 fully saturated rings. The number of aliphatic hydroxyl groups is 1. The Kier molecular flexibility index (Phi) is 9.39. The summed E-state index contributed by atoms with van der Waals surface area (Å²) in [4.78, 5) is 14.9. The Hall–Kier alpha value is -1.92. The highest BCUT2D eigenvalue weighted by Gasteiger charge is 2.44. The van der Waals surface area contributed by atoms with Crippen LogP contribution in [-0.4, -0.2) is 48.3 Å².